The molecule has 0 aliphatic heterocycles. The predicted molar refractivity (Wildman–Crippen MR) is 66.1 cm³/mol. The van der Waals surface area contributed by atoms with Gasteiger partial charge in [0.25, 0.3) is 0 Å². The van der Waals surface area contributed by atoms with Crippen LogP contribution in [0.2, 0.25) is 0 Å². The van der Waals surface area contributed by atoms with E-state index >= 15 is 0 Å². The Labute approximate surface area is 98.4 Å². The number of esters is 1. The van der Waals surface area contributed by atoms with Gasteiger partial charge >= 0.3 is 5.97 Å². The summed E-state index contributed by atoms with van der Waals surface area (Å²) in [5.41, 5.74) is 0.766. The van der Waals surface area contributed by atoms with Gasteiger partial charge in [0.2, 0.25) is 0 Å². The predicted octanol–water partition coefficient (Wildman–Crippen LogP) is 3.63. The minimum atomic E-state index is -0.453. The molecule has 1 rings (SSSR count). The van der Waals surface area contributed by atoms with Crippen molar-refractivity contribution in [2.45, 2.75) is 46.5 Å². The van der Waals surface area contributed by atoms with Crippen LogP contribution in [0.25, 0.3) is 0 Å². The number of allylic oxidation sites excluding steroid dienone is 3. The Hall–Kier alpha value is -1.05. The maximum absolute atomic E-state index is 11.9. The van der Waals surface area contributed by atoms with Gasteiger partial charge in [0, 0.05) is 0 Å². The lowest BCUT2D eigenvalue weighted by atomic mass is 9.82. The summed E-state index contributed by atoms with van der Waals surface area (Å²) in [5.74, 6) is -0.0939. The number of carbonyl (C=O) groups is 1. The van der Waals surface area contributed by atoms with Crippen molar-refractivity contribution in [1.29, 1.82) is 0 Å². The van der Waals surface area contributed by atoms with Gasteiger partial charge in [-0.25, -0.2) is 0 Å². The molecule has 1 atom stereocenters. The van der Waals surface area contributed by atoms with Crippen LogP contribution in [0.1, 0.15) is 46.5 Å². The molecule has 0 aromatic carbocycles. The molecular weight excluding hydrogens is 200 g/mol. The zero-order chi connectivity index (χ0) is 12.0. The van der Waals surface area contributed by atoms with Crippen LogP contribution in [0, 0.1) is 5.41 Å². The van der Waals surface area contributed by atoms with Crippen molar-refractivity contribution >= 4 is 5.97 Å². The molecule has 1 aliphatic rings. The fourth-order valence-corrected chi connectivity index (χ4v) is 1.66. The normalized spacial score (nSPS) is 24.1. The molecule has 0 amide bonds. The summed E-state index contributed by atoms with van der Waals surface area (Å²) in [7, 11) is 0. The first kappa shape index (κ1) is 13.0. The highest BCUT2D eigenvalue weighted by Crippen LogP contribution is 2.30. The third kappa shape index (κ3) is 3.51. The van der Waals surface area contributed by atoms with Gasteiger partial charge in [-0.15, -0.1) is 0 Å². The van der Waals surface area contributed by atoms with Gasteiger partial charge in [-0.05, 0) is 26.7 Å². The van der Waals surface area contributed by atoms with Crippen LogP contribution >= 0.6 is 0 Å². The van der Waals surface area contributed by atoms with E-state index in [0.29, 0.717) is 6.61 Å². The third-order valence-electron chi connectivity index (χ3n) is 3.01. The fourth-order valence-electron chi connectivity index (χ4n) is 1.66. The Morgan fingerprint density at radius 2 is 2.25 bits per heavy atom. The highest BCUT2D eigenvalue weighted by molar-refractivity contribution is 5.79. The number of carbonyl (C=O) groups excluding carboxylic acids is 1. The van der Waals surface area contributed by atoms with Crippen molar-refractivity contribution in [3.63, 3.8) is 0 Å². The average Bonchev–Trinajstić information content (AvgIpc) is 2.28. The molecule has 0 spiro atoms. The molecule has 0 saturated heterocycles. The second kappa shape index (κ2) is 5.88. The Morgan fingerprint density at radius 3 is 2.81 bits per heavy atom. The van der Waals surface area contributed by atoms with Crippen molar-refractivity contribution in [2.24, 2.45) is 5.41 Å². The van der Waals surface area contributed by atoms with E-state index in [4.69, 9.17) is 4.74 Å². The van der Waals surface area contributed by atoms with Gasteiger partial charge in [-0.1, -0.05) is 43.6 Å². The third-order valence-corrected chi connectivity index (χ3v) is 3.01. The van der Waals surface area contributed by atoms with Crippen molar-refractivity contribution in [3.8, 4) is 0 Å². The van der Waals surface area contributed by atoms with Gasteiger partial charge in [0.1, 0.15) is 0 Å². The maximum Gasteiger partial charge on any atom is 0.315 e. The molecule has 0 saturated carbocycles. The van der Waals surface area contributed by atoms with Crippen LogP contribution in [0.5, 0.6) is 0 Å². The van der Waals surface area contributed by atoms with E-state index in [-0.39, 0.29) is 5.97 Å². The molecule has 0 bridgehead atoms. The first-order chi connectivity index (χ1) is 7.58. The summed E-state index contributed by atoms with van der Waals surface area (Å²) >= 11 is 0. The molecule has 2 nitrogen and oxygen atoms in total. The van der Waals surface area contributed by atoms with Gasteiger partial charge in [0.15, 0.2) is 0 Å². The first-order valence-electron chi connectivity index (χ1n) is 6.12. The molecular formula is C14H22O2. The zero-order valence-electron chi connectivity index (χ0n) is 10.6. The largest absolute Gasteiger partial charge is 0.465 e. The minimum Gasteiger partial charge on any atom is -0.465 e. The topological polar surface area (TPSA) is 26.3 Å². The molecule has 0 aromatic rings. The fraction of sp³-hybridized carbons (Fsp3) is 0.643. The molecule has 90 valence electrons. The van der Waals surface area contributed by atoms with Crippen LogP contribution in [-0.2, 0) is 9.53 Å². The van der Waals surface area contributed by atoms with Crippen molar-refractivity contribution in [3.05, 3.63) is 23.8 Å². The molecule has 2 heteroatoms. The standard InChI is InChI=1S/C14H22O2/c1-4-5-6-11-16-13(15)14(3)9-7-12(2)8-10-14/h7-9H,4-6,10-11H2,1-3H3. The van der Waals surface area contributed by atoms with E-state index in [1.807, 2.05) is 26.0 Å². The van der Waals surface area contributed by atoms with Crippen LogP contribution in [0.4, 0.5) is 0 Å². The molecule has 0 heterocycles. The SMILES string of the molecule is CCCCCOC(=O)C1(C)C=CC(C)=CC1. The Balaban J connectivity index is 2.39. The summed E-state index contributed by atoms with van der Waals surface area (Å²) in [5, 5.41) is 0. The summed E-state index contributed by atoms with van der Waals surface area (Å²) in [6.45, 7) is 6.68. The molecule has 0 N–H and O–H groups in total. The molecule has 1 unspecified atom stereocenters. The van der Waals surface area contributed by atoms with Crippen LogP contribution in [-0.4, -0.2) is 12.6 Å². The number of hydrogen-bond donors (Lipinski definition) is 0. The summed E-state index contributed by atoms with van der Waals surface area (Å²) in [6.07, 6.45) is 10.0. The summed E-state index contributed by atoms with van der Waals surface area (Å²) in [6, 6.07) is 0. The second-order valence-corrected chi connectivity index (χ2v) is 4.75. The van der Waals surface area contributed by atoms with Gasteiger partial charge in [0.05, 0.1) is 12.0 Å². The van der Waals surface area contributed by atoms with Crippen molar-refractivity contribution in [1.82, 2.24) is 0 Å². The van der Waals surface area contributed by atoms with Crippen molar-refractivity contribution < 1.29 is 9.53 Å². The van der Waals surface area contributed by atoms with Crippen molar-refractivity contribution in [2.75, 3.05) is 6.61 Å². The first-order valence-corrected chi connectivity index (χ1v) is 6.12. The average molecular weight is 222 g/mol. The van der Waals surface area contributed by atoms with Gasteiger partial charge in [-0.3, -0.25) is 4.79 Å². The monoisotopic (exact) mass is 222 g/mol. The highest BCUT2D eigenvalue weighted by atomic mass is 16.5. The lowest BCUT2D eigenvalue weighted by Gasteiger charge is -2.25. The number of rotatable bonds is 5. The smallest absolute Gasteiger partial charge is 0.315 e. The van der Waals surface area contributed by atoms with E-state index in [1.165, 1.54) is 5.57 Å². The second-order valence-electron chi connectivity index (χ2n) is 4.75. The highest BCUT2D eigenvalue weighted by Gasteiger charge is 2.32. The van der Waals surface area contributed by atoms with Gasteiger partial charge < -0.3 is 4.74 Å². The van der Waals surface area contributed by atoms with Gasteiger partial charge in [-0.2, -0.15) is 0 Å². The maximum atomic E-state index is 11.9. The molecule has 0 radical (unpaired) electrons. The van der Waals surface area contributed by atoms with E-state index in [1.54, 1.807) is 0 Å². The zero-order valence-corrected chi connectivity index (χ0v) is 10.6. The van der Waals surface area contributed by atoms with E-state index in [2.05, 4.69) is 13.0 Å². The van der Waals surface area contributed by atoms with E-state index < -0.39 is 5.41 Å². The molecule has 0 aromatic heterocycles. The van der Waals surface area contributed by atoms with Crippen LogP contribution < -0.4 is 0 Å². The lowest BCUT2D eigenvalue weighted by molar-refractivity contribution is -0.152. The lowest BCUT2D eigenvalue weighted by Crippen LogP contribution is -2.29. The summed E-state index contributed by atoms with van der Waals surface area (Å²) < 4.78 is 5.30. The number of ether oxygens (including phenoxy) is 1. The van der Waals surface area contributed by atoms with Crippen LogP contribution in [0.15, 0.2) is 23.8 Å². The summed E-state index contributed by atoms with van der Waals surface area (Å²) in [4.78, 5) is 11.9. The Kier molecular flexibility index (Phi) is 4.78. The molecule has 1 aliphatic carbocycles. The molecule has 0 fully saturated rings. The minimum absolute atomic E-state index is 0.0939. The molecule has 16 heavy (non-hydrogen) atoms. The van der Waals surface area contributed by atoms with E-state index in [9.17, 15) is 4.79 Å². The number of unbranched alkanes of at least 4 members (excludes halogenated alkanes) is 2. The van der Waals surface area contributed by atoms with Crippen LogP contribution in [0.3, 0.4) is 0 Å². The quantitative estimate of drug-likeness (QED) is 0.524. The Bertz CT molecular complexity index is 302. The Morgan fingerprint density at radius 1 is 1.50 bits per heavy atom. The van der Waals surface area contributed by atoms with E-state index in [0.717, 1.165) is 25.7 Å². The number of hydrogen-bond acceptors (Lipinski definition) is 2.